The maximum absolute atomic E-state index is 13.2. The van der Waals surface area contributed by atoms with Crippen LogP contribution in [0.3, 0.4) is 0 Å². The molecule has 0 saturated carbocycles. The van der Waals surface area contributed by atoms with E-state index in [0.29, 0.717) is 22.7 Å². The van der Waals surface area contributed by atoms with Crippen LogP contribution in [0.2, 0.25) is 0 Å². The number of benzene rings is 1. The van der Waals surface area contributed by atoms with Crippen molar-refractivity contribution in [1.82, 2.24) is 19.9 Å². The minimum absolute atomic E-state index is 0.268. The Morgan fingerprint density at radius 3 is 2.49 bits per heavy atom. The molecule has 0 aliphatic heterocycles. The highest BCUT2D eigenvalue weighted by Gasteiger charge is 2.27. The molecule has 1 atom stereocenters. The minimum atomic E-state index is -0.825. The van der Waals surface area contributed by atoms with Gasteiger partial charge in [0.2, 0.25) is 11.6 Å². The van der Waals surface area contributed by atoms with Gasteiger partial charge in [-0.25, -0.2) is 19.7 Å². The SMILES string of the molecule is Cc1oc2ncnc(-c3cc(C#Cc4ccccc4)nc(NC(=O)C(C)N(C)C(=O)OC(C)(C)C)c3)c2c1C. The summed E-state index contributed by atoms with van der Waals surface area (Å²) in [7, 11) is 1.51. The van der Waals surface area contributed by atoms with Crippen molar-refractivity contribution in [3.05, 3.63) is 71.4 Å². The first kappa shape index (κ1) is 27.3. The minimum Gasteiger partial charge on any atom is -0.444 e. The van der Waals surface area contributed by atoms with E-state index in [0.717, 1.165) is 22.3 Å². The van der Waals surface area contributed by atoms with E-state index in [-0.39, 0.29) is 5.82 Å². The summed E-state index contributed by atoms with van der Waals surface area (Å²) in [5.74, 6) is 6.77. The molecule has 39 heavy (non-hydrogen) atoms. The maximum Gasteiger partial charge on any atom is 0.410 e. The Kier molecular flexibility index (Phi) is 7.68. The number of nitrogens with zero attached hydrogens (tertiary/aromatic N) is 4. The van der Waals surface area contributed by atoms with E-state index in [9.17, 15) is 9.59 Å². The van der Waals surface area contributed by atoms with Gasteiger partial charge in [-0.15, -0.1) is 0 Å². The van der Waals surface area contributed by atoms with Gasteiger partial charge in [0.25, 0.3) is 0 Å². The molecule has 9 nitrogen and oxygen atoms in total. The molecule has 4 aromatic rings. The van der Waals surface area contributed by atoms with Gasteiger partial charge in [-0.05, 0) is 71.7 Å². The lowest BCUT2D eigenvalue weighted by Crippen LogP contribution is -2.45. The second-order valence-corrected chi connectivity index (χ2v) is 10.2. The molecular weight excluding hydrogens is 494 g/mol. The first-order valence-corrected chi connectivity index (χ1v) is 12.5. The van der Waals surface area contributed by atoms with Crippen LogP contribution in [0.1, 0.15) is 50.3 Å². The zero-order chi connectivity index (χ0) is 28.3. The van der Waals surface area contributed by atoms with Crippen LogP contribution in [-0.2, 0) is 9.53 Å². The summed E-state index contributed by atoms with van der Waals surface area (Å²) in [6.45, 7) is 10.7. The first-order chi connectivity index (χ1) is 18.4. The second kappa shape index (κ2) is 11.0. The molecule has 0 aliphatic carbocycles. The number of carbonyl (C=O) groups is 2. The molecule has 0 radical (unpaired) electrons. The Bertz CT molecular complexity index is 1590. The summed E-state index contributed by atoms with van der Waals surface area (Å²) in [6, 6.07) is 12.2. The third kappa shape index (κ3) is 6.41. The van der Waals surface area contributed by atoms with Gasteiger partial charge in [-0.3, -0.25) is 9.69 Å². The molecule has 9 heteroatoms. The third-order valence-electron chi connectivity index (χ3n) is 6.07. The van der Waals surface area contributed by atoms with Crippen molar-refractivity contribution >= 4 is 28.9 Å². The zero-order valence-electron chi connectivity index (χ0n) is 23.1. The van der Waals surface area contributed by atoms with Crippen molar-refractivity contribution < 1.29 is 18.7 Å². The lowest BCUT2D eigenvalue weighted by atomic mass is 10.1. The van der Waals surface area contributed by atoms with Crippen molar-refractivity contribution in [2.45, 2.75) is 53.2 Å². The monoisotopic (exact) mass is 525 g/mol. The Morgan fingerprint density at radius 2 is 1.79 bits per heavy atom. The highest BCUT2D eigenvalue weighted by Crippen LogP contribution is 2.32. The number of ether oxygens (including phenoxy) is 1. The molecule has 200 valence electrons. The third-order valence-corrected chi connectivity index (χ3v) is 6.07. The predicted molar refractivity (Wildman–Crippen MR) is 149 cm³/mol. The van der Waals surface area contributed by atoms with Gasteiger partial charge < -0.3 is 14.5 Å². The van der Waals surface area contributed by atoms with Gasteiger partial charge in [-0.1, -0.05) is 24.1 Å². The average molecular weight is 526 g/mol. The average Bonchev–Trinajstić information content (AvgIpc) is 3.19. The van der Waals surface area contributed by atoms with Crippen LogP contribution in [0.25, 0.3) is 22.4 Å². The fourth-order valence-electron chi connectivity index (χ4n) is 3.75. The van der Waals surface area contributed by atoms with Crippen molar-refractivity contribution in [2.24, 2.45) is 0 Å². The highest BCUT2D eigenvalue weighted by molar-refractivity contribution is 5.97. The number of carbonyl (C=O) groups excluding carboxylic acids is 2. The van der Waals surface area contributed by atoms with Crippen molar-refractivity contribution in [3.63, 3.8) is 0 Å². The van der Waals surface area contributed by atoms with Crippen LogP contribution < -0.4 is 5.32 Å². The van der Waals surface area contributed by atoms with Gasteiger partial charge in [0, 0.05) is 23.7 Å². The summed E-state index contributed by atoms with van der Waals surface area (Å²) >= 11 is 0. The van der Waals surface area contributed by atoms with E-state index in [1.54, 1.807) is 33.8 Å². The number of anilines is 1. The molecule has 3 aromatic heterocycles. The van der Waals surface area contributed by atoms with Crippen molar-refractivity contribution in [2.75, 3.05) is 12.4 Å². The van der Waals surface area contributed by atoms with Crippen LogP contribution >= 0.6 is 0 Å². The number of hydrogen-bond donors (Lipinski definition) is 1. The van der Waals surface area contributed by atoms with Gasteiger partial charge in [0.1, 0.15) is 35.2 Å². The van der Waals surface area contributed by atoms with Crippen molar-refractivity contribution in [3.8, 4) is 23.1 Å². The van der Waals surface area contributed by atoms with Gasteiger partial charge in [-0.2, -0.15) is 0 Å². The lowest BCUT2D eigenvalue weighted by Gasteiger charge is -2.28. The number of aromatic nitrogens is 3. The molecule has 0 bridgehead atoms. The maximum atomic E-state index is 13.2. The van der Waals surface area contributed by atoms with E-state index >= 15 is 0 Å². The van der Waals surface area contributed by atoms with Crippen LogP contribution in [0, 0.1) is 25.7 Å². The largest absolute Gasteiger partial charge is 0.444 e. The molecule has 1 aromatic carbocycles. The molecule has 0 fully saturated rings. The van der Waals surface area contributed by atoms with Crippen molar-refractivity contribution in [1.29, 1.82) is 0 Å². The number of aryl methyl sites for hydroxylation is 2. The summed E-state index contributed by atoms with van der Waals surface area (Å²) < 4.78 is 11.2. The molecule has 1 unspecified atom stereocenters. The quantitative estimate of drug-likeness (QED) is 0.351. The van der Waals surface area contributed by atoms with E-state index in [1.165, 1.54) is 18.3 Å². The van der Waals surface area contributed by atoms with E-state index in [2.05, 4.69) is 32.1 Å². The van der Waals surface area contributed by atoms with E-state index < -0.39 is 23.6 Å². The molecular formula is C30H31N5O4. The van der Waals surface area contributed by atoms with Crippen LogP contribution in [0.15, 0.2) is 53.2 Å². The summed E-state index contributed by atoms with van der Waals surface area (Å²) in [4.78, 5) is 40.2. The Balaban J connectivity index is 1.72. The first-order valence-electron chi connectivity index (χ1n) is 12.5. The number of amides is 2. The number of furan rings is 1. The van der Waals surface area contributed by atoms with Crippen LogP contribution in [0.5, 0.6) is 0 Å². The number of nitrogens with one attached hydrogen (secondary N) is 1. The molecule has 1 N–H and O–H groups in total. The predicted octanol–water partition coefficient (Wildman–Crippen LogP) is 5.50. The summed E-state index contributed by atoms with van der Waals surface area (Å²) in [5.41, 5.74) is 3.29. The highest BCUT2D eigenvalue weighted by atomic mass is 16.6. The van der Waals surface area contributed by atoms with Crippen LogP contribution in [-0.4, -0.2) is 50.5 Å². The summed E-state index contributed by atoms with van der Waals surface area (Å²) in [5, 5.41) is 3.60. The van der Waals surface area contributed by atoms with E-state index in [1.807, 2.05) is 50.2 Å². The number of rotatable bonds is 4. The molecule has 3 heterocycles. The number of pyridine rings is 1. The molecule has 0 aliphatic rings. The van der Waals surface area contributed by atoms with Crippen LogP contribution in [0.4, 0.5) is 10.6 Å². The van der Waals surface area contributed by atoms with Gasteiger partial charge >= 0.3 is 6.09 Å². The number of likely N-dealkylation sites (N-methyl/N-ethyl adjacent to an activating group) is 1. The van der Waals surface area contributed by atoms with E-state index in [4.69, 9.17) is 9.15 Å². The standard InChI is InChI=1S/C30H31N5O4/c1-18-20(3)38-28-25(18)26(31-17-32-28)22-15-23(14-13-21-11-9-8-10-12-21)33-24(16-22)34-27(36)19(2)35(7)29(37)39-30(4,5)6/h8-12,15-17,19H,1-7H3,(H,33,34,36). The smallest absolute Gasteiger partial charge is 0.410 e. The zero-order valence-corrected chi connectivity index (χ0v) is 23.1. The Morgan fingerprint density at radius 1 is 1.08 bits per heavy atom. The topological polar surface area (TPSA) is 110 Å². The fourth-order valence-corrected chi connectivity index (χ4v) is 3.75. The lowest BCUT2D eigenvalue weighted by molar-refractivity contribution is -0.120. The van der Waals surface area contributed by atoms with Gasteiger partial charge in [0.05, 0.1) is 11.1 Å². The summed E-state index contributed by atoms with van der Waals surface area (Å²) in [6.07, 6.45) is 0.835. The van der Waals surface area contributed by atoms with Gasteiger partial charge in [0.15, 0.2) is 0 Å². The normalized spacial score (nSPS) is 11.9. The number of hydrogen-bond acceptors (Lipinski definition) is 7. The fraction of sp³-hybridized carbons (Fsp3) is 0.300. The molecule has 0 saturated heterocycles. The molecule has 4 rings (SSSR count). The Hall–Kier alpha value is -4.71. The molecule has 2 amide bonds. The number of fused-ring (bicyclic) bond motifs is 1. The molecule has 0 spiro atoms. The Labute approximate surface area is 227 Å². The second-order valence-electron chi connectivity index (χ2n) is 10.2.